The number of rotatable bonds is 3. The third kappa shape index (κ3) is 2.12. The van der Waals surface area contributed by atoms with Crippen LogP contribution < -0.4 is 5.32 Å². The van der Waals surface area contributed by atoms with Gasteiger partial charge in [-0.05, 0) is 30.4 Å². The van der Waals surface area contributed by atoms with Crippen LogP contribution in [-0.4, -0.2) is 31.8 Å². The molecule has 0 spiro atoms. The van der Waals surface area contributed by atoms with E-state index in [1.807, 2.05) is 18.2 Å². The van der Waals surface area contributed by atoms with E-state index in [9.17, 15) is 5.11 Å². The Morgan fingerprint density at radius 2 is 2.18 bits per heavy atom. The topological polar surface area (TPSA) is 86.7 Å². The Morgan fingerprint density at radius 3 is 3.14 bits per heavy atom. The van der Waals surface area contributed by atoms with Gasteiger partial charge in [-0.2, -0.15) is 5.10 Å². The number of nitrogens with zero attached hydrogens (tertiary/aromatic N) is 3. The lowest BCUT2D eigenvalue weighted by Gasteiger charge is -2.34. The van der Waals surface area contributed by atoms with Crippen molar-refractivity contribution in [2.75, 3.05) is 11.9 Å². The Kier molecular flexibility index (Phi) is 3.04. The molecule has 0 radical (unpaired) electrons. The number of hydrogen-bond donors (Lipinski definition) is 3. The average molecular weight is 295 g/mol. The van der Waals surface area contributed by atoms with E-state index in [0.29, 0.717) is 18.0 Å². The zero-order valence-electron chi connectivity index (χ0n) is 12.1. The number of aryl methyl sites for hydroxylation is 1. The number of aromatic nitrogens is 4. The minimum absolute atomic E-state index is 0.418. The lowest BCUT2D eigenvalue weighted by molar-refractivity contribution is 0.0322. The minimum Gasteiger partial charge on any atom is -0.383 e. The second-order valence-corrected chi connectivity index (χ2v) is 5.75. The second-order valence-electron chi connectivity index (χ2n) is 5.75. The van der Waals surface area contributed by atoms with E-state index in [2.05, 4.69) is 31.5 Å². The molecule has 0 saturated carbocycles. The molecule has 6 heteroatoms. The number of benzene rings is 1. The van der Waals surface area contributed by atoms with Crippen molar-refractivity contribution in [1.29, 1.82) is 0 Å². The quantitative estimate of drug-likeness (QED) is 0.688. The molecule has 1 aliphatic carbocycles. The SMILES string of the molecule is OC1(CNc2ncnc3[nH]ncc23)CCCc2ccccc21. The van der Waals surface area contributed by atoms with Crippen LogP contribution in [0, 0.1) is 0 Å². The molecule has 22 heavy (non-hydrogen) atoms. The lowest BCUT2D eigenvalue weighted by Crippen LogP contribution is -2.37. The summed E-state index contributed by atoms with van der Waals surface area (Å²) < 4.78 is 0. The summed E-state index contributed by atoms with van der Waals surface area (Å²) in [5.74, 6) is 0.690. The summed E-state index contributed by atoms with van der Waals surface area (Å²) in [6.07, 6.45) is 5.94. The van der Waals surface area contributed by atoms with E-state index in [-0.39, 0.29) is 0 Å². The summed E-state index contributed by atoms with van der Waals surface area (Å²) in [7, 11) is 0. The van der Waals surface area contributed by atoms with Gasteiger partial charge in [-0.1, -0.05) is 24.3 Å². The molecule has 3 N–H and O–H groups in total. The van der Waals surface area contributed by atoms with Crippen molar-refractivity contribution in [2.24, 2.45) is 0 Å². The van der Waals surface area contributed by atoms with Crippen LogP contribution in [0.1, 0.15) is 24.0 Å². The highest BCUT2D eigenvalue weighted by Gasteiger charge is 2.34. The van der Waals surface area contributed by atoms with Gasteiger partial charge in [0.05, 0.1) is 11.6 Å². The maximum absolute atomic E-state index is 11.1. The summed E-state index contributed by atoms with van der Waals surface area (Å²) in [5, 5.41) is 22.0. The number of fused-ring (bicyclic) bond motifs is 2. The highest BCUT2D eigenvalue weighted by molar-refractivity contribution is 5.85. The molecule has 1 aliphatic rings. The molecule has 6 nitrogen and oxygen atoms in total. The Hall–Kier alpha value is -2.47. The molecule has 1 atom stereocenters. The first-order chi connectivity index (χ1) is 10.8. The van der Waals surface area contributed by atoms with E-state index in [1.54, 1.807) is 6.20 Å². The van der Waals surface area contributed by atoms with Crippen LogP contribution in [-0.2, 0) is 12.0 Å². The predicted octanol–water partition coefficient (Wildman–Crippen LogP) is 1.99. The van der Waals surface area contributed by atoms with Crippen LogP contribution in [0.25, 0.3) is 11.0 Å². The summed E-state index contributed by atoms with van der Waals surface area (Å²) in [6.45, 7) is 0.418. The zero-order valence-corrected chi connectivity index (χ0v) is 12.1. The molecule has 112 valence electrons. The van der Waals surface area contributed by atoms with Gasteiger partial charge in [0.15, 0.2) is 5.65 Å². The Balaban J connectivity index is 1.63. The van der Waals surface area contributed by atoms with Gasteiger partial charge in [-0.15, -0.1) is 0 Å². The van der Waals surface area contributed by atoms with Gasteiger partial charge in [0.1, 0.15) is 17.7 Å². The fourth-order valence-electron chi connectivity index (χ4n) is 3.22. The van der Waals surface area contributed by atoms with Gasteiger partial charge in [0.2, 0.25) is 0 Å². The number of H-pyrrole nitrogens is 1. The second kappa shape index (κ2) is 5.06. The molecule has 0 fully saturated rings. The highest BCUT2D eigenvalue weighted by Crippen LogP contribution is 2.35. The van der Waals surface area contributed by atoms with Crippen molar-refractivity contribution in [3.8, 4) is 0 Å². The van der Waals surface area contributed by atoms with Crippen molar-refractivity contribution >= 4 is 16.9 Å². The number of anilines is 1. The van der Waals surface area contributed by atoms with Crippen molar-refractivity contribution in [3.63, 3.8) is 0 Å². The van der Waals surface area contributed by atoms with Gasteiger partial charge in [0, 0.05) is 6.54 Å². The van der Waals surface area contributed by atoms with Crippen molar-refractivity contribution in [1.82, 2.24) is 20.2 Å². The highest BCUT2D eigenvalue weighted by atomic mass is 16.3. The van der Waals surface area contributed by atoms with Gasteiger partial charge in [0.25, 0.3) is 0 Å². The summed E-state index contributed by atoms with van der Waals surface area (Å²) in [6, 6.07) is 8.12. The predicted molar refractivity (Wildman–Crippen MR) is 83.5 cm³/mol. The average Bonchev–Trinajstić information content (AvgIpc) is 3.03. The molecule has 0 aliphatic heterocycles. The van der Waals surface area contributed by atoms with Crippen LogP contribution in [0.15, 0.2) is 36.8 Å². The van der Waals surface area contributed by atoms with Crippen LogP contribution in [0.3, 0.4) is 0 Å². The Labute approximate surface area is 127 Å². The first-order valence-electron chi connectivity index (χ1n) is 7.45. The van der Waals surface area contributed by atoms with Crippen LogP contribution >= 0.6 is 0 Å². The lowest BCUT2D eigenvalue weighted by atomic mass is 9.79. The van der Waals surface area contributed by atoms with E-state index in [4.69, 9.17) is 0 Å². The van der Waals surface area contributed by atoms with Gasteiger partial charge >= 0.3 is 0 Å². The Morgan fingerprint density at radius 1 is 1.27 bits per heavy atom. The molecular weight excluding hydrogens is 278 g/mol. The molecule has 0 saturated heterocycles. The molecule has 4 rings (SSSR count). The third-order valence-corrected chi connectivity index (χ3v) is 4.35. The van der Waals surface area contributed by atoms with Gasteiger partial charge in [-0.25, -0.2) is 9.97 Å². The molecule has 0 bridgehead atoms. The van der Waals surface area contributed by atoms with Gasteiger partial charge in [-0.3, -0.25) is 5.10 Å². The van der Waals surface area contributed by atoms with E-state index in [0.717, 1.165) is 30.2 Å². The number of hydrogen-bond acceptors (Lipinski definition) is 5. The number of aliphatic hydroxyl groups is 1. The third-order valence-electron chi connectivity index (χ3n) is 4.35. The van der Waals surface area contributed by atoms with Crippen molar-refractivity contribution < 1.29 is 5.11 Å². The first-order valence-corrected chi connectivity index (χ1v) is 7.45. The van der Waals surface area contributed by atoms with Crippen molar-refractivity contribution in [3.05, 3.63) is 47.9 Å². The summed E-state index contributed by atoms with van der Waals surface area (Å²) in [4.78, 5) is 8.38. The van der Waals surface area contributed by atoms with Crippen LogP contribution in [0.4, 0.5) is 5.82 Å². The van der Waals surface area contributed by atoms with Crippen LogP contribution in [0.2, 0.25) is 0 Å². The van der Waals surface area contributed by atoms with E-state index in [1.165, 1.54) is 11.9 Å². The van der Waals surface area contributed by atoms with E-state index < -0.39 is 5.60 Å². The molecule has 1 unspecified atom stereocenters. The van der Waals surface area contributed by atoms with Crippen molar-refractivity contribution in [2.45, 2.75) is 24.9 Å². The smallest absolute Gasteiger partial charge is 0.160 e. The standard InChI is InChI=1S/C16H17N5O/c22-16(7-3-5-11-4-1-2-6-13(11)16)9-17-14-12-8-20-21-15(12)19-10-18-14/h1-2,4,6,8,10,22H,3,5,7,9H2,(H2,17,18,19,20,21). The van der Waals surface area contributed by atoms with E-state index >= 15 is 0 Å². The first kappa shape index (κ1) is 13.2. The maximum atomic E-state index is 11.1. The molecule has 2 aromatic heterocycles. The molecule has 1 aromatic carbocycles. The van der Waals surface area contributed by atoms with Crippen LogP contribution in [0.5, 0.6) is 0 Å². The monoisotopic (exact) mass is 295 g/mol. The minimum atomic E-state index is -0.865. The summed E-state index contributed by atoms with van der Waals surface area (Å²) in [5.41, 5.74) is 2.07. The van der Waals surface area contributed by atoms with Gasteiger partial charge < -0.3 is 10.4 Å². The molecular formula is C16H17N5O. The number of aromatic amines is 1. The fraction of sp³-hybridized carbons (Fsp3) is 0.312. The normalized spacial score (nSPS) is 20.8. The largest absolute Gasteiger partial charge is 0.383 e. The molecule has 0 amide bonds. The number of nitrogens with one attached hydrogen (secondary N) is 2. The summed E-state index contributed by atoms with van der Waals surface area (Å²) >= 11 is 0. The zero-order chi connectivity index (χ0) is 15.0. The molecule has 2 heterocycles. The fourth-order valence-corrected chi connectivity index (χ4v) is 3.22. The molecule has 3 aromatic rings. The maximum Gasteiger partial charge on any atom is 0.160 e. The Bertz CT molecular complexity index is 815.